The van der Waals surface area contributed by atoms with Crippen molar-refractivity contribution in [1.29, 1.82) is 0 Å². The van der Waals surface area contributed by atoms with Crippen molar-refractivity contribution < 1.29 is 5.11 Å². The normalized spacial score (nSPS) is 12.8. The van der Waals surface area contributed by atoms with Crippen LogP contribution < -0.4 is 0 Å². The first-order valence-corrected chi connectivity index (χ1v) is 7.82. The maximum absolute atomic E-state index is 10.8. The van der Waals surface area contributed by atoms with E-state index in [1.165, 1.54) is 0 Å². The van der Waals surface area contributed by atoms with Gasteiger partial charge in [-0.1, -0.05) is 42.5 Å². The van der Waals surface area contributed by atoms with E-state index in [1.807, 2.05) is 71.3 Å². The zero-order valence-electron chi connectivity index (χ0n) is 11.6. The highest BCUT2D eigenvalue weighted by Crippen LogP contribution is 2.30. The molecule has 4 rings (SSSR count). The summed E-state index contributed by atoms with van der Waals surface area (Å²) in [6.45, 7) is 0. The summed E-state index contributed by atoms with van der Waals surface area (Å²) in [7, 11) is 0. The number of imidazole rings is 1. The molecule has 2 heterocycles. The van der Waals surface area contributed by atoms with Crippen LogP contribution in [-0.4, -0.2) is 14.5 Å². The van der Waals surface area contributed by atoms with E-state index in [0.717, 1.165) is 32.3 Å². The summed E-state index contributed by atoms with van der Waals surface area (Å²) in [5.41, 5.74) is 4.42. The van der Waals surface area contributed by atoms with Gasteiger partial charge in [-0.25, -0.2) is 4.98 Å². The number of para-hydroxylation sites is 1. The Hall–Kier alpha value is -2.17. The zero-order valence-corrected chi connectivity index (χ0v) is 13.2. The number of rotatable bonds is 2. The quantitative estimate of drug-likeness (QED) is 0.582. The third kappa shape index (κ3) is 2.12. The lowest BCUT2D eigenvalue weighted by atomic mass is 10.0. The molecule has 1 unspecified atom stereocenters. The Morgan fingerprint density at radius 3 is 2.59 bits per heavy atom. The molecule has 22 heavy (non-hydrogen) atoms. The molecule has 0 saturated heterocycles. The highest BCUT2D eigenvalue weighted by molar-refractivity contribution is 9.10. The Bertz CT molecular complexity index is 963. The summed E-state index contributed by atoms with van der Waals surface area (Å²) in [6, 6.07) is 19.5. The van der Waals surface area contributed by atoms with E-state index in [4.69, 9.17) is 0 Å². The minimum atomic E-state index is -0.677. The smallest absolute Gasteiger partial charge is 0.137 e. The van der Waals surface area contributed by atoms with Crippen LogP contribution in [0.5, 0.6) is 0 Å². The van der Waals surface area contributed by atoms with Crippen molar-refractivity contribution in [1.82, 2.24) is 9.38 Å². The van der Waals surface area contributed by atoms with E-state index in [1.54, 1.807) is 0 Å². The van der Waals surface area contributed by atoms with Crippen LogP contribution in [0.2, 0.25) is 0 Å². The van der Waals surface area contributed by atoms with Crippen LogP contribution in [-0.2, 0) is 0 Å². The van der Waals surface area contributed by atoms with Crippen LogP contribution in [0.3, 0.4) is 0 Å². The van der Waals surface area contributed by atoms with Gasteiger partial charge in [-0.2, -0.15) is 0 Å². The van der Waals surface area contributed by atoms with Crippen LogP contribution >= 0.6 is 15.9 Å². The molecule has 0 bridgehead atoms. The third-order valence-corrected chi connectivity index (χ3v) is 4.29. The fourth-order valence-electron chi connectivity index (χ4n) is 2.80. The summed E-state index contributed by atoms with van der Waals surface area (Å²) in [4.78, 5) is 4.62. The van der Waals surface area contributed by atoms with Crippen molar-refractivity contribution in [2.24, 2.45) is 0 Å². The van der Waals surface area contributed by atoms with Crippen molar-refractivity contribution in [3.63, 3.8) is 0 Å². The topological polar surface area (TPSA) is 37.5 Å². The fourth-order valence-corrected chi connectivity index (χ4v) is 3.13. The van der Waals surface area contributed by atoms with Crippen molar-refractivity contribution in [2.45, 2.75) is 6.10 Å². The Kier molecular flexibility index (Phi) is 3.21. The van der Waals surface area contributed by atoms with Crippen LogP contribution in [0.4, 0.5) is 0 Å². The van der Waals surface area contributed by atoms with E-state index >= 15 is 0 Å². The molecule has 0 fully saturated rings. The maximum Gasteiger partial charge on any atom is 0.137 e. The number of nitrogens with zero attached hydrogens (tertiary/aromatic N) is 2. The molecule has 1 N–H and O–H groups in total. The second kappa shape index (κ2) is 5.23. The first-order chi connectivity index (χ1) is 10.7. The molecule has 2 aromatic heterocycles. The lowest BCUT2D eigenvalue weighted by Crippen LogP contribution is -2.01. The van der Waals surface area contributed by atoms with Crippen molar-refractivity contribution >= 4 is 32.6 Å². The fraction of sp³-hybridized carbons (Fsp3) is 0.0556. The standard InChI is InChI=1S/C18H13BrN2O/c19-13-9-10-16-20-15-8-4-7-14(17(15)21(16)11-13)18(22)12-5-2-1-3-6-12/h1-11,18,22H. The number of aromatic nitrogens is 2. The Balaban J connectivity index is 2.01. The van der Waals surface area contributed by atoms with Gasteiger partial charge in [0.2, 0.25) is 0 Å². The molecule has 0 amide bonds. The second-order valence-electron chi connectivity index (χ2n) is 5.22. The molecular weight excluding hydrogens is 340 g/mol. The molecule has 4 aromatic rings. The molecule has 0 aliphatic rings. The van der Waals surface area contributed by atoms with Crippen LogP contribution in [0.25, 0.3) is 16.7 Å². The van der Waals surface area contributed by atoms with Gasteiger partial charge in [0, 0.05) is 16.2 Å². The number of hydrogen-bond donors (Lipinski definition) is 1. The van der Waals surface area contributed by atoms with E-state index in [2.05, 4.69) is 20.9 Å². The molecule has 0 spiro atoms. The summed E-state index contributed by atoms with van der Waals surface area (Å²) < 4.78 is 2.99. The Morgan fingerprint density at radius 1 is 0.955 bits per heavy atom. The van der Waals surface area contributed by atoms with Gasteiger partial charge in [0.15, 0.2) is 0 Å². The number of benzene rings is 2. The lowest BCUT2D eigenvalue weighted by Gasteiger charge is -2.13. The molecule has 0 aliphatic carbocycles. The predicted octanol–water partition coefficient (Wildman–Crippen LogP) is 4.33. The van der Waals surface area contributed by atoms with Crippen LogP contribution in [0.1, 0.15) is 17.2 Å². The van der Waals surface area contributed by atoms with Gasteiger partial charge in [-0.05, 0) is 39.7 Å². The molecule has 3 nitrogen and oxygen atoms in total. The highest BCUT2D eigenvalue weighted by atomic mass is 79.9. The monoisotopic (exact) mass is 352 g/mol. The number of aliphatic hydroxyl groups excluding tert-OH is 1. The molecule has 0 aliphatic heterocycles. The minimum absolute atomic E-state index is 0.677. The average Bonchev–Trinajstić information content (AvgIpc) is 2.93. The largest absolute Gasteiger partial charge is 0.384 e. The van der Waals surface area contributed by atoms with Crippen LogP contribution in [0.15, 0.2) is 71.3 Å². The van der Waals surface area contributed by atoms with Gasteiger partial charge in [-0.3, -0.25) is 4.40 Å². The van der Waals surface area contributed by atoms with Crippen molar-refractivity contribution in [2.75, 3.05) is 0 Å². The van der Waals surface area contributed by atoms with Gasteiger partial charge in [-0.15, -0.1) is 0 Å². The first-order valence-electron chi connectivity index (χ1n) is 7.03. The molecule has 1 atom stereocenters. The van der Waals surface area contributed by atoms with Gasteiger partial charge in [0.1, 0.15) is 11.8 Å². The molecule has 0 saturated carbocycles. The molecule has 2 aromatic carbocycles. The second-order valence-corrected chi connectivity index (χ2v) is 6.13. The average molecular weight is 353 g/mol. The SMILES string of the molecule is OC(c1ccccc1)c1cccc2nc3ccc(Br)cn3c12. The summed E-state index contributed by atoms with van der Waals surface area (Å²) in [5, 5.41) is 10.8. The van der Waals surface area contributed by atoms with E-state index in [-0.39, 0.29) is 0 Å². The molecular formula is C18H13BrN2O. The van der Waals surface area contributed by atoms with E-state index in [9.17, 15) is 5.11 Å². The number of pyridine rings is 1. The first kappa shape index (κ1) is 13.5. The van der Waals surface area contributed by atoms with Gasteiger partial charge in [0.25, 0.3) is 0 Å². The van der Waals surface area contributed by atoms with E-state index in [0.29, 0.717) is 0 Å². The van der Waals surface area contributed by atoms with Gasteiger partial charge < -0.3 is 5.11 Å². The minimum Gasteiger partial charge on any atom is -0.384 e. The molecule has 108 valence electrons. The van der Waals surface area contributed by atoms with Crippen molar-refractivity contribution in [3.8, 4) is 0 Å². The molecule has 0 radical (unpaired) electrons. The van der Waals surface area contributed by atoms with Crippen LogP contribution in [0, 0.1) is 0 Å². The van der Waals surface area contributed by atoms with Gasteiger partial charge >= 0.3 is 0 Å². The van der Waals surface area contributed by atoms with E-state index < -0.39 is 6.10 Å². The van der Waals surface area contributed by atoms with Gasteiger partial charge in [0.05, 0.1) is 11.0 Å². The summed E-state index contributed by atoms with van der Waals surface area (Å²) in [5.74, 6) is 0. The summed E-state index contributed by atoms with van der Waals surface area (Å²) in [6.07, 6.45) is 1.30. The number of aliphatic hydroxyl groups is 1. The highest BCUT2D eigenvalue weighted by Gasteiger charge is 2.16. The summed E-state index contributed by atoms with van der Waals surface area (Å²) >= 11 is 3.50. The number of hydrogen-bond acceptors (Lipinski definition) is 2. The predicted molar refractivity (Wildman–Crippen MR) is 90.9 cm³/mol. The number of fused-ring (bicyclic) bond motifs is 3. The Morgan fingerprint density at radius 2 is 1.77 bits per heavy atom. The third-order valence-electron chi connectivity index (χ3n) is 3.82. The zero-order chi connectivity index (χ0) is 15.1. The van der Waals surface area contributed by atoms with Crippen molar-refractivity contribution in [3.05, 3.63) is 82.5 Å². The Labute approximate surface area is 136 Å². The maximum atomic E-state index is 10.8. The molecule has 4 heteroatoms. The number of halogens is 1. The lowest BCUT2D eigenvalue weighted by molar-refractivity contribution is 0.221.